The van der Waals surface area contributed by atoms with E-state index in [1.165, 1.54) is 19.4 Å². The van der Waals surface area contributed by atoms with Crippen LogP contribution in [-0.4, -0.2) is 70.8 Å². The van der Waals surface area contributed by atoms with Gasteiger partial charge in [-0.2, -0.15) is 0 Å². The summed E-state index contributed by atoms with van der Waals surface area (Å²) in [5.74, 6) is 0.689. The van der Waals surface area contributed by atoms with Crippen LogP contribution in [0, 0.1) is 0 Å². The minimum atomic E-state index is -0.370. The van der Waals surface area contributed by atoms with E-state index in [0.717, 1.165) is 25.7 Å². The zero-order chi connectivity index (χ0) is 26.6. The van der Waals surface area contributed by atoms with E-state index in [-0.39, 0.29) is 24.0 Å². The third-order valence-corrected chi connectivity index (χ3v) is 7.23. The summed E-state index contributed by atoms with van der Waals surface area (Å²) in [6.45, 7) is 5.87. The number of nitrogens with one attached hydrogen (secondary N) is 1. The van der Waals surface area contributed by atoms with Crippen molar-refractivity contribution in [1.82, 2.24) is 19.4 Å². The molecular weight excluding hydrogens is 510 g/mol. The fourth-order valence-corrected chi connectivity index (χ4v) is 5.24. The molecule has 2 atom stereocenters. The number of halogens is 1. The Morgan fingerprint density at radius 2 is 2.13 bits per heavy atom. The van der Waals surface area contributed by atoms with Crippen LogP contribution in [0.4, 0.5) is 5.95 Å². The molecule has 2 aliphatic rings. The summed E-state index contributed by atoms with van der Waals surface area (Å²) in [6, 6.07) is 6.60. The first-order valence-electron chi connectivity index (χ1n) is 12.7. The number of pyridine rings is 1. The summed E-state index contributed by atoms with van der Waals surface area (Å²) in [7, 11) is 1.49. The smallest absolute Gasteiger partial charge is 0.258 e. The van der Waals surface area contributed by atoms with E-state index < -0.39 is 0 Å². The molecule has 11 heteroatoms. The second-order valence-electron chi connectivity index (χ2n) is 9.33. The fraction of sp³-hybridized carbons (Fsp3) is 0.407. The first kappa shape index (κ1) is 26.0. The molecule has 1 aromatic carbocycles. The number of aromatic nitrogens is 3. The molecule has 0 aliphatic carbocycles. The minimum Gasteiger partial charge on any atom is -0.486 e. The zero-order valence-electron chi connectivity index (χ0n) is 21.2. The molecule has 0 spiro atoms. The predicted molar refractivity (Wildman–Crippen MR) is 143 cm³/mol. The van der Waals surface area contributed by atoms with E-state index in [4.69, 9.17) is 30.8 Å². The molecule has 4 heterocycles. The van der Waals surface area contributed by atoms with Gasteiger partial charge in [-0.15, -0.1) is 0 Å². The maximum Gasteiger partial charge on any atom is 0.258 e. The summed E-state index contributed by atoms with van der Waals surface area (Å²) < 4.78 is 18.7. The monoisotopic (exact) mass is 539 g/mol. The molecule has 0 saturated carbocycles. The lowest BCUT2D eigenvalue weighted by atomic mass is 10.1. The van der Waals surface area contributed by atoms with Gasteiger partial charge in [-0.1, -0.05) is 18.2 Å². The standard InChI is InChI=1S/C27H30ClN5O5/c1-3-23(34)32-12-5-4-6-18(15-32)33-25-20(7-8-21(24(25)28)38-19-10-13-37-16-19)30-27(33)31-26(35)17-9-11-29-22(14-17)36-2/h3,7-9,11,14,18-19H,1,4-6,10,12-13,15-16H2,2H3,(H,30,31,35)/t18-,19+/m1/s1. The van der Waals surface area contributed by atoms with Crippen LogP contribution < -0.4 is 14.8 Å². The predicted octanol–water partition coefficient (Wildman–Crippen LogP) is 4.25. The number of imidazole rings is 1. The van der Waals surface area contributed by atoms with Crippen molar-refractivity contribution in [3.05, 3.63) is 53.7 Å². The Kier molecular flexibility index (Phi) is 7.80. The molecule has 1 N–H and O–H groups in total. The molecule has 3 aromatic rings. The van der Waals surface area contributed by atoms with Crippen molar-refractivity contribution >= 4 is 40.4 Å². The second-order valence-corrected chi connectivity index (χ2v) is 9.71. The van der Waals surface area contributed by atoms with E-state index in [0.29, 0.717) is 65.5 Å². The summed E-state index contributed by atoms with van der Waals surface area (Å²) in [6.07, 6.45) is 6.07. The van der Waals surface area contributed by atoms with Crippen LogP contribution in [0.1, 0.15) is 42.1 Å². The van der Waals surface area contributed by atoms with Gasteiger partial charge in [-0.3, -0.25) is 14.9 Å². The van der Waals surface area contributed by atoms with Crippen LogP contribution in [0.3, 0.4) is 0 Å². The van der Waals surface area contributed by atoms with Crippen molar-refractivity contribution in [2.45, 2.75) is 37.8 Å². The largest absolute Gasteiger partial charge is 0.486 e. The van der Waals surface area contributed by atoms with Gasteiger partial charge in [0.05, 0.1) is 37.4 Å². The average Bonchev–Trinajstić information content (AvgIpc) is 3.51. The molecule has 0 radical (unpaired) electrons. The molecule has 5 rings (SSSR count). The Balaban J connectivity index is 1.57. The summed E-state index contributed by atoms with van der Waals surface area (Å²) >= 11 is 6.96. The fourth-order valence-electron chi connectivity index (χ4n) is 4.94. The van der Waals surface area contributed by atoms with E-state index in [1.54, 1.807) is 23.1 Å². The molecule has 0 unspecified atom stereocenters. The first-order valence-corrected chi connectivity index (χ1v) is 13.0. The Labute approximate surface area is 225 Å². The third kappa shape index (κ3) is 5.32. The Morgan fingerprint density at radius 1 is 1.26 bits per heavy atom. The summed E-state index contributed by atoms with van der Waals surface area (Å²) in [4.78, 5) is 36.4. The number of methoxy groups -OCH3 is 1. The van der Waals surface area contributed by atoms with Crippen LogP contribution in [0.25, 0.3) is 11.0 Å². The van der Waals surface area contributed by atoms with Crippen LogP contribution in [0.2, 0.25) is 5.02 Å². The number of hydrogen-bond donors (Lipinski definition) is 1. The second kappa shape index (κ2) is 11.4. The van der Waals surface area contributed by atoms with E-state index in [2.05, 4.69) is 16.9 Å². The van der Waals surface area contributed by atoms with Crippen LogP contribution >= 0.6 is 11.6 Å². The lowest BCUT2D eigenvalue weighted by Gasteiger charge is -2.26. The summed E-state index contributed by atoms with van der Waals surface area (Å²) in [5, 5.41) is 3.35. The SMILES string of the molecule is C=CC(=O)N1CCCC[C@@H](n2c(NC(=O)c3ccnc(OC)c3)nc3ccc(O[C@H]4CCOC4)c(Cl)c32)C1. The van der Waals surface area contributed by atoms with Crippen molar-refractivity contribution in [1.29, 1.82) is 0 Å². The number of carbonyl (C=O) groups excluding carboxylic acids is 2. The maximum atomic E-state index is 13.3. The topological polar surface area (TPSA) is 108 Å². The number of carbonyl (C=O) groups is 2. The normalized spacial score (nSPS) is 19.7. The summed E-state index contributed by atoms with van der Waals surface area (Å²) in [5.41, 5.74) is 1.62. The Bertz CT molecular complexity index is 1350. The van der Waals surface area contributed by atoms with Crippen molar-refractivity contribution in [3.8, 4) is 11.6 Å². The van der Waals surface area contributed by atoms with Crippen LogP contribution in [0.15, 0.2) is 43.1 Å². The van der Waals surface area contributed by atoms with Crippen molar-refractivity contribution in [2.75, 3.05) is 38.7 Å². The van der Waals surface area contributed by atoms with Gasteiger partial charge in [0, 0.05) is 37.3 Å². The molecule has 2 fully saturated rings. The maximum absolute atomic E-state index is 13.3. The van der Waals surface area contributed by atoms with Gasteiger partial charge in [0.25, 0.3) is 5.91 Å². The lowest BCUT2D eigenvalue weighted by Crippen LogP contribution is -2.34. The van der Waals surface area contributed by atoms with E-state index in [9.17, 15) is 9.59 Å². The van der Waals surface area contributed by atoms with Gasteiger partial charge in [0.2, 0.25) is 17.7 Å². The molecule has 38 heavy (non-hydrogen) atoms. The zero-order valence-corrected chi connectivity index (χ0v) is 21.9. The number of hydrogen-bond acceptors (Lipinski definition) is 7. The van der Waals surface area contributed by atoms with Gasteiger partial charge in [-0.05, 0) is 43.5 Å². The molecule has 2 aromatic heterocycles. The third-order valence-electron chi connectivity index (χ3n) is 6.87. The number of amides is 2. The number of anilines is 1. The van der Waals surface area contributed by atoms with Crippen LogP contribution in [0.5, 0.6) is 11.6 Å². The van der Waals surface area contributed by atoms with Crippen LogP contribution in [-0.2, 0) is 9.53 Å². The molecule has 2 aliphatic heterocycles. The number of nitrogens with zero attached hydrogens (tertiary/aromatic N) is 4. The molecule has 10 nitrogen and oxygen atoms in total. The molecule has 0 bridgehead atoms. The highest BCUT2D eigenvalue weighted by Crippen LogP contribution is 2.39. The minimum absolute atomic E-state index is 0.0826. The molecule has 2 saturated heterocycles. The number of ether oxygens (including phenoxy) is 3. The van der Waals surface area contributed by atoms with Crippen molar-refractivity contribution in [3.63, 3.8) is 0 Å². The first-order chi connectivity index (χ1) is 18.5. The Hall–Kier alpha value is -3.63. The highest BCUT2D eigenvalue weighted by molar-refractivity contribution is 6.36. The number of likely N-dealkylation sites (tertiary alicyclic amines) is 1. The van der Waals surface area contributed by atoms with Crippen molar-refractivity contribution < 1.29 is 23.8 Å². The van der Waals surface area contributed by atoms with E-state index >= 15 is 0 Å². The highest BCUT2D eigenvalue weighted by Gasteiger charge is 2.29. The van der Waals surface area contributed by atoms with Gasteiger partial charge in [0.1, 0.15) is 16.9 Å². The number of benzene rings is 1. The number of fused-ring (bicyclic) bond motifs is 1. The van der Waals surface area contributed by atoms with Gasteiger partial charge < -0.3 is 23.7 Å². The molecular formula is C27H30ClN5O5. The van der Waals surface area contributed by atoms with Gasteiger partial charge >= 0.3 is 0 Å². The molecule has 200 valence electrons. The molecule has 2 amide bonds. The van der Waals surface area contributed by atoms with Gasteiger partial charge in [-0.25, -0.2) is 9.97 Å². The van der Waals surface area contributed by atoms with Gasteiger partial charge in [0.15, 0.2) is 0 Å². The average molecular weight is 540 g/mol. The lowest BCUT2D eigenvalue weighted by molar-refractivity contribution is -0.126. The number of rotatable bonds is 7. The van der Waals surface area contributed by atoms with Crippen molar-refractivity contribution in [2.24, 2.45) is 0 Å². The highest BCUT2D eigenvalue weighted by atomic mass is 35.5. The Morgan fingerprint density at radius 3 is 2.89 bits per heavy atom. The van der Waals surface area contributed by atoms with E-state index in [1.807, 2.05) is 10.6 Å². The quantitative estimate of drug-likeness (QED) is 0.447.